The molecule has 0 unspecified atom stereocenters. The molecule has 7 heteroatoms. The van der Waals surface area contributed by atoms with E-state index in [1.165, 1.54) is 22.7 Å². The van der Waals surface area contributed by atoms with Gasteiger partial charge in [0.1, 0.15) is 11.3 Å². The first-order valence-corrected chi connectivity index (χ1v) is 10.5. The van der Waals surface area contributed by atoms with Crippen molar-refractivity contribution >= 4 is 52.7 Å². The van der Waals surface area contributed by atoms with Crippen LogP contribution in [0.25, 0.3) is 6.08 Å². The lowest BCUT2D eigenvalue weighted by Gasteiger charge is -2.29. The minimum absolute atomic E-state index is 0.0348. The molecule has 0 atom stereocenters. The maximum atomic E-state index is 13.1. The lowest BCUT2D eigenvalue weighted by Crippen LogP contribution is -2.54. The second kappa shape index (κ2) is 8.30. The van der Waals surface area contributed by atoms with Crippen LogP contribution in [0.3, 0.4) is 0 Å². The maximum absolute atomic E-state index is 13.1. The molecule has 0 saturated carbocycles. The van der Waals surface area contributed by atoms with Crippen LogP contribution in [0.5, 0.6) is 0 Å². The Kier molecular flexibility index (Phi) is 5.57. The molecule has 0 bridgehead atoms. The van der Waals surface area contributed by atoms with Crippen molar-refractivity contribution in [2.24, 2.45) is 0 Å². The van der Waals surface area contributed by atoms with E-state index in [-0.39, 0.29) is 10.7 Å². The number of aryl methyl sites for hydroxylation is 2. The fraction of sp³-hybridized carbons (Fsp3) is 0.0870. The SMILES string of the molecule is Cc1ccc(N2C(=O)/C(=C/c3ccc(Sc4ccccc4)o3)C(=O)NC2=S)cc1C. The molecule has 0 spiro atoms. The topological polar surface area (TPSA) is 62.6 Å². The first-order chi connectivity index (χ1) is 14.4. The van der Waals surface area contributed by atoms with Gasteiger partial charge < -0.3 is 4.42 Å². The molecule has 2 amide bonds. The third-order valence-corrected chi connectivity index (χ3v) is 5.91. The van der Waals surface area contributed by atoms with E-state index in [9.17, 15) is 9.59 Å². The molecule has 1 fully saturated rings. The van der Waals surface area contributed by atoms with E-state index in [0.717, 1.165) is 16.0 Å². The van der Waals surface area contributed by atoms with Crippen LogP contribution in [-0.2, 0) is 9.59 Å². The normalized spacial score (nSPS) is 15.6. The molecule has 1 saturated heterocycles. The zero-order chi connectivity index (χ0) is 21.3. The van der Waals surface area contributed by atoms with Gasteiger partial charge in [-0.3, -0.25) is 19.8 Å². The summed E-state index contributed by atoms with van der Waals surface area (Å²) in [7, 11) is 0. The summed E-state index contributed by atoms with van der Waals surface area (Å²) in [6.07, 6.45) is 1.45. The summed E-state index contributed by atoms with van der Waals surface area (Å²) in [6, 6.07) is 18.9. The fourth-order valence-electron chi connectivity index (χ4n) is 2.97. The minimum atomic E-state index is -0.543. The molecule has 1 aromatic heterocycles. The number of amides is 2. The number of carbonyl (C=O) groups excluding carboxylic acids is 2. The average molecular weight is 435 g/mol. The van der Waals surface area contributed by atoms with Gasteiger partial charge in [0.2, 0.25) is 0 Å². The Morgan fingerprint density at radius 2 is 1.77 bits per heavy atom. The summed E-state index contributed by atoms with van der Waals surface area (Å²) in [5, 5.41) is 3.32. The molecule has 30 heavy (non-hydrogen) atoms. The maximum Gasteiger partial charge on any atom is 0.270 e. The number of thiocarbonyl (C=S) groups is 1. The largest absolute Gasteiger partial charge is 0.450 e. The number of nitrogens with zero attached hydrogens (tertiary/aromatic N) is 1. The molecule has 3 aromatic rings. The highest BCUT2D eigenvalue weighted by Crippen LogP contribution is 2.30. The van der Waals surface area contributed by atoms with Crippen LogP contribution in [0.15, 0.2) is 80.6 Å². The monoisotopic (exact) mass is 434 g/mol. The third kappa shape index (κ3) is 4.08. The predicted molar refractivity (Wildman–Crippen MR) is 121 cm³/mol. The summed E-state index contributed by atoms with van der Waals surface area (Å²) in [6.45, 7) is 3.95. The molecule has 0 radical (unpaired) electrons. The number of nitrogens with one attached hydrogen (secondary N) is 1. The van der Waals surface area contributed by atoms with Gasteiger partial charge in [-0.1, -0.05) is 36.0 Å². The van der Waals surface area contributed by atoms with E-state index in [1.54, 1.807) is 12.1 Å². The smallest absolute Gasteiger partial charge is 0.270 e. The van der Waals surface area contributed by atoms with Crippen LogP contribution in [0.4, 0.5) is 5.69 Å². The van der Waals surface area contributed by atoms with E-state index in [4.69, 9.17) is 16.6 Å². The molecule has 2 aromatic carbocycles. The molecular weight excluding hydrogens is 416 g/mol. The standard InChI is InChI=1S/C23H18N2O3S2/c1-14-8-9-16(12-15(14)2)25-22(27)19(21(26)24-23(25)29)13-17-10-11-20(28-17)30-18-6-4-3-5-7-18/h3-13H,1-2H3,(H,24,26,29)/b19-13+. The Balaban J connectivity index is 1.62. The van der Waals surface area contributed by atoms with E-state index in [0.29, 0.717) is 16.5 Å². The van der Waals surface area contributed by atoms with Gasteiger partial charge in [-0.2, -0.15) is 0 Å². The number of anilines is 1. The van der Waals surface area contributed by atoms with Gasteiger partial charge in [-0.25, -0.2) is 0 Å². The van der Waals surface area contributed by atoms with Crippen LogP contribution in [-0.4, -0.2) is 16.9 Å². The molecule has 150 valence electrons. The lowest BCUT2D eigenvalue weighted by molar-refractivity contribution is -0.122. The minimum Gasteiger partial charge on any atom is -0.450 e. The highest BCUT2D eigenvalue weighted by atomic mass is 32.2. The summed E-state index contributed by atoms with van der Waals surface area (Å²) < 4.78 is 5.79. The second-order valence-corrected chi connectivity index (χ2v) is 8.26. The number of carbonyl (C=O) groups is 2. The van der Waals surface area contributed by atoms with Crippen LogP contribution in [0.2, 0.25) is 0 Å². The Bertz CT molecular complexity index is 1180. The fourth-order valence-corrected chi connectivity index (χ4v) is 4.05. The van der Waals surface area contributed by atoms with Crippen LogP contribution < -0.4 is 10.2 Å². The first kappa shape index (κ1) is 20.1. The van der Waals surface area contributed by atoms with Crippen molar-refractivity contribution in [2.75, 3.05) is 4.90 Å². The van der Waals surface area contributed by atoms with Gasteiger partial charge in [-0.05, 0) is 79.7 Å². The van der Waals surface area contributed by atoms with E-state index >= 15 is 0 Å². The Labute approximate surface area is 183 Å². The number of hydrogen-bond donors (Lipinski definition) is 1. The van der Waals surface area contributed by atoms with Gasteiger partial charge in [0.25, 0.3) is 11.8 Å². The Hall–Kier alpha value is -3.16. The molecule has 1 aliphatic heterocycles. The number of furan rings is 1. The summed E-state index contributed by atoms with van der Waals surface area (Å²) in [4.78, 5) is 27.9. The molecule has 1 N–H and O–H groups in total. The van der Waals surface area contributed by atoms with Crippen LogP contribution in [0, 0.1) is 13.8 Å². The zero-order valence-electron chi connectivity index (χ0n) is 16.3. The van der Waals surface area contributed by atoms with E-state index in [2.05, 4.69) is 5.32 Å². The van der Waals surface area contributed by atoms with Crippen molar-refractivity contribution in [3.05, 3.63) is 83.1 Å². The van der Waals surface area contributed by atoms with Gasteiger partial charge in [-0.15, -0.1) is 0 Å². The van der Waals surface area contributed by atoms with Crippen molar-refractivity contribution in [1.82, 2.24) is 5.32 Å². The van der Waals surface area contributed by atoms with Gasteiger partial charge >= 0.3 is 0 Å². The van der Waals surface area contributed by atoms with Crippen molar-refractivity contribution < 1.29 is 14.0 Å². The van der Waals surface area contributed by atoms with Crippen molar-refractivity contribution in [3.8, 4) is 0 Å². The van der Waals surface area contributed by atoms with Gasteiger partial charge in [0.05, 0.1) is 5.69 Å². The van der Waals surface area contributed by atoms with Crippen LogP contribution in [0.1, 0.15) is 16.9 Å². The lowest BCUT2D eigenvalue weighted by atomic mass is 10.1. The van der Waals surface area contributed by atoms with Crippen molar-refractivity contribution in [3.63, 3.8) is 0 Å². The third-order valence-electron chi connectivity index (χ3n) is 4.70. The van der Waals surface area contributed by atoms with Gasteiger partial charge in [0.15, 0.2) is 10.2 Å². The molecule has 5 nitrogen and oxygen atoms in total. The Morgan fingerprint density at radius 1 is 1.00 bits per heavy atom. The highest BCUT2D eigenvalue weighted by molar-refractivity contribution is 7.99. The number of benzene rings is 2. The molecular formula is C23H18N2O3S2. The first-order valence-electron chi connectivity index (χ1n) is 9.24. The average Bonchev–Trinajstić information content (AvgIpc) is 3.15. The molecule has 0 aliphatic carbocycles. The van der Waals surface area contributed by atoms with Crippen molar-refractivity contribution in [1.29, 1.82) is 0 Å². The van der Waals surface area contributed by atoms with Crippen molar-refractivity contribution in [2.45, 2.75) is 23.8 Å². The van der Waals surface area contributed by atoms with E-state index in [1.807, 2.05) is 62.4 Å². The van der Waals surface area contributed by atoms with E-state index < -0.39 is 11.8 Å². The number of rotatable bonds is 4. The molecule has 4 rings (SSSR count). The van der Waals surface area contributed by atoms with Crippen LogP contribution >= 0.6 is 24.0 Å². The summed E-state index contributed by atoms with van der Waals surface area (Å²) in [5.41, 5.74) is 2.71. The second-order valence-electron chi connectivity index (χ2n) is 6.80. The summed E-state index contributed by atoms with van der Waals surface area (Å²) >= 11 is 6.71. The predicted octanol–water partition coefficient (Wildman–Crippen LogP) is 4.88. The molecule has 1 aliphatic rings. The Morgan fingerprint density at radius 3 is 2.50 bits per heavy atom. The number of hydrogen-bond acceptors (Lipinski definition) is 5. The zero-order valence-corrected chi connectivity index (χ0v) is 18.0. The quantitative estimate of drug-likeness (QED) is 0.360. The molecule has 2 heterocycles. The highest BCUT2D eigenvalue weighted by Gasteiger charge is 2.34. The van der Waals surface area contributed by atoms with Gasteiger partial charge in [0, 0.05) is 4.90 Å². The summed E-state index contributed by atoms with van der Waals surface area (Å²) in [5.74, 6) is -0.612.